The molecule has 15 atom stereocenters. The van der Waals surface area contributed by atoms with Crippen LogP contribution in [0.25, 0.3) is 0 Å². The fourth-order valence-electron chi connectivity index (χ4n) is 12.4. The van der Waals surface area contributed by atoms with Crippen LogP contribution < -0.4 is 0 Å². The highest BCUT2D eigenvalue weighted by Gasteiger charge is 2.92. The van der Waals surface area contributed by atoms with Crippen LogP contribution in [0.2, 0.25) is 0 Å². The van der Waals surface area contributed by atoms with Gasteiger partial charge in [-0.05, 0) is 67.9 Å². The van der Waals surface area contributed by atoms with Crippen LogP contribution in [0.4, 0.5) is 0 Å². The van der Waals surface area contributed by atoms with Crippen LogP contribution in [-0.4, -0.2) is 104 Å². The molecule has 0 aromatic heterocycles. The van der Waals surface area contributed by atoms with Crippen molar-refractivity contribution in [3.05, 3.63) is 83.9 Å². The lowest BCUT2D eigenvalue weighted by Gasteiger charge is -2.65. The molecule has 3 bridgehead atoms. The van der Waals surface area contributed by atoms with Crippen molar-refractivity contribution in [3.63, 3.8) is 0 Å². The molecule has 3 unspecified atom stereocenters. The Morgan fingerprint density at radius 1 is 0.875 bits per heavy atom. The Labute approximate surface area is 327 Å². The second-order valence-corrected chi connectivity index (χ2v) is 18.0. The summed E-state index contributed by atoms with van der Waals surface area (Å²) < 4.78 is 40.6. The molecule has 4 heterocycles. The monoisotopic (exact) mass is 774 g/mol. The molecular weight excluding hydrogens is 720 g/mol. The van der Waals surface area contributed by atoms with Crippen molar-refractivity contribution in [2.45, 2.75) is 131 Å². The Balaban J connectivity index is 1.29. The summed E-state index contributed by atoms with van der Waals surface area (Å²) >= 11 is 0. The van der Waals surface area contributed by atoms with Gasteiger partial charge in [-0.2, -0.15) is 0 Å². The van der Waals surface area contributed by atoms with Gasteiger partial charge < -0.3 is 48.8 Å². The maximum absolute atomic E-state index is 14.0. The van der Waals surface area contributed by atoms with Crippen LogP contribution in [0.3, 0.4) is 0 Å². The highest BCUT2D eigenvalue weighted by molar-refractivity contribution is 5.90. The van der Waals surface area contributed by atoms with Crippen molar-refractivity contribution < 1.29 is 58.4 Å². The van der Waals surface area contributed by atoms with Crippen molar-refractivity contribution in [1.82, 2.24) is 0 Å². The highest BCUT2D eigenvalue weighted by Crippen LogP contribution is 2.78. The van der Waals surface area contributed by atoms with E-state index in [2.05, 4.69) is 6.58 Å². The molecule has 2 aromatic carbocycles. The fraction of sp³-hybridized carbons (Fsp3) is 0.636. The Morgan fingerprint density at radius 3 is 2.14 bits per heavy atom. The Hall–Kier alpha value is -3.20. The summed E-state index contributed by atoms with van der Waals surface area (Å²) in [6, 6.07) is 17.2. The number of ether oxygens (including phenoxy) is 6. The molecule has 4 saturated heterocycles. The molecule has 3 aliphatic carbocycles. The number of carbonyl (C=O) groups is 2. The van der Waals surface area contributed by atoms with Gasteiger partial charge in [0, 0.05) is 17.3 Å². The minimum Gasteiger partial charge on any atom is -0.461 e. The number of benzene rings is 2. The van der Waals surface area contributed by atoms with Gasteiger partial charge >= 0.3 is 17.9 Å². The van der Waals surface area contributed by atoms with E-state index in [1.165, 1.54) is 0 Å². The van der Waals surface area contributed by atoms with Gasteiger partial charge in [-0.25, -0.2) is 9.59 Å². The van der Waals surface area contributed by atoms with Crippen LogP contribution in [0.15, 0.2) is 72.8 Å². The van der Waals surface area contributed by atoms with E-state index in [9.17, 15) is 30.0 Å². The zero-order chi connectivity index (χ0) is 39.5. The van der Waals surface area contributed by atoms with Crippen LogP contribution in [-0.2, 0) is 28.4 Å². The maximum atomic E-state index is 14.0. The Morgan fingerprint density at radius 2 is 1.50 bits per heavy atom. The smallest absolute Gasteiger partial charge is 0.338 e. The summed E-state index contributed by atoms with van der Waals surface area (Å²) in [4.78, 5) is 27.8. The van der Waals surface area contributed by atoms with Crippen molar-refractivity contribution in [2.75, 3.05) is 13.2 Å². The van der Waals surface area contributed by atoms with Crippen molar-refractivity contribution >= 4 is 11.9 Å². The van der Waals surface area contributed by atoms with E-state index in [0.717, 1.165) is 25.7 Å². The van der Waals surface area contributed by atoms with E-state index in [-0.39, 0.29) is 18.6 Å². The summed E-state index contributed by atoms with van der Waals surface area (Å²) in [5.41, 5.74) is -6.92. The maximum Gasteiger partial charge on any atom is 0.338 e. The predicted octanol–water partition coefficient (Wildman–Crippen LogP) is 4.47. The van der Waals surface area contributed by atoms with Gasteiger partial charge in [0.1, 0.15) is 47.3 Å². The van der Waals surface area contributed by atoms with Gasteiger partial charge in [0.15, 0.2) is 0 Å². The zero-order valence-corrected chi connectivity index (χ0v) is 32.3. The van der Waals surface area contributed by atoms with E-state index in [1.54, 1.807) is 54.6 Å². The van der Waals surface area contributed by atoms with Crippen LogP contribution >= 0.6 is 0 Å². The van der Waals surface area contributed by atoms with E-state index >= 15 is 0 Å². The number of aliphatic hydroxyl groups is 4. The normalized spacial score (nSPS) is 47.3. The molecule has 2 spiro atoms. The highest BCUT2D eigenvalue weighted by atomic mass is 16.9. The molecule has 2 aromatic rings. The molecule has 0 radical (unpaired) electrons. The minimum absolute atomic E-state index is 0.143. The zero-order valence-electron chi connectivity index (χ0n) is 32.3. The van der Waals surface area contributed by atoms with Gasteiger partial charge in [0.2, 0.25) is 0 Å². The third-order valence-electron chi connectivity index (χ3n) is 15.0. The summed E-state index contributed by atoms with van der Waals surface area (Å²) in [5, 5.41) is 50.1. The average molecular weight is 775 g/mol. The first-order chi connectivity index (χ1) is 26.7. The van der Waals surface area contributed by atoms with E-state index in [1.807, 2.05) is 26.8 Å². The summed E-state index contributed by atoms with van der Waals surface area (Å²) in [6.45, 7) is 9.21. The topological polar surface area (TPSA) is 174 Å². The molecule has 302 valence electrons. The molecule has 7 aliphatic rings. The third-order valence-corrected chi connectivity index (χ3v) is 15.0. The second-order valence-electron chi connectivity index (χ2n) is 18.0. The van der Waals surface area contributed by atoms with Crippen molar-refractivity contribution in [2.24, 2.45) is 29.1 Å². The van der Waals surface area contributed by atoms with E-state index < -0.39 is 107 Å². The van der Waals surface area contributed by atoms with Crippen LogP contribution in [0.5, 0.6) is 0 Å². The first-order valence-corrected chi connectivity index (χ1v) is 20.3. The second kappa shape index (κ2) is 13.2. The van der Waals surface area contributed by atoms with Crippen molar-refractivity contribution in [3.8, 4) is 0 Å². The number of hydrogen-bond donors (Lipinski definition) is 4. The first kappa shape index (κ1) is 38.3. The molecule has 56 heavy (non-hydrogen) atoms. The largest absolute Gasteiger partial charge is 0.461 e. The third kappa shape index (κ3) is 5.00. The molecule has 7 fully saturated rings. The average Bonchev–Trinajstić information content (AvgIpc) is 3.84. The number of epoxide rings is 1. The number of esters is 2. The number of rotatable bonds is 7. The van der Waals surface area contributed by atoms with Gasteiger partial charge in [-0.3, -0.25) is 0 Å². The van der Waals surface area contributed by atoms with Crippen molar-refractivity contribution in [1.29, 1.82) is 0 Å². The predicted molar refractivity (Wildman–Crippen MR) is 199 cm³/mol. The Kier molecular flexibility index (Phi) is 9.00. The Bertz CT molecular complexity index is 1870. The van der Waals surface area contributed by atoms with E-state index in [0.29, 0.717) is 30.4 Å². The number of carbonyl (C=O) groups excluding carboxylic acids is 2. The standard InChI is InChI=1S/C44H54O12/c1-25(2)40-22-39(4,24-51-36(47)27-16-10-8-11-17-27)43-31-34(40)54-44(55-40,56-43)30(46)21-15-7-5-6-14-20-29-26(3)33(52-37(48)28-18-12-9-13-19-28)42(50,32(29)43)38(49)41(23-45)35(31)53-41/h8-13,16-19,26,29-35,38,45-46,49-50H,1,5-7,14-15,20-24H2,2-4H3/t26-,29-,30+,31-,32-,33-,34+,35-,38?,39-,40-,41?,42+,43-,44?/m0/s1. The molecule has 4 N–H and O–H groups in total. The van der Waals surface area contributed by atoms with Gasteiger partial charge in [0.05, 0.1) is 29.9 Å². The molecule has 4 aliphatic heterocycles. The minimum atomic E-state index is -2.28. The van der Waals surface area contributed by atoms with Gasteiger partial charge in [-0.1, -0.05) is 88.9 Å². The number of fused-ring (bicyclic) bond motifs is 1. The molecule has 3 saturated carbocycles. The molecule has 12 heteroatoms. The molecular formula is C44H54O12. The molecule has 0 amide bonds. The fourth-order valence-corrected chi connectivity index (χ4v) is 12.4. The summed E-state index contributed by atoms with van der Waals surface area (Å²) in [6.07, 6.45) is -0.975. The summed E-state index contributed by atoms with van der Waals surface area (Å²) in [5.74, 6) is -6.11. The number of aliphatic hydroxyl groups excluding tert-OH is 3. The first-order valence-electron chi connectivity index (χ1n) is 20.3. The number of hydrogen-bond acceptors (Lipinski definition) is 12. The lowest BCUT2D eigenvalue weighted by Crippen LogP contribution is -2.78. The van der Waals surface area contributed by atoms with Gasteiger partial charge in [-0.15, -0.1) is 0 Å². The SMILES string of the molecule is C=C(C)[C@@]12C[C@@](C)(COC(=O)c3ccccc3)[C@]34OC5(O[C@@H]1[C@H]3[C@@H]1OC1(CO)C(O)[C@]1(O)[C@@H](OC(=O)c3ccccc3)[C@@H](C)[C@H](CCCCCCC[C@H]5O)[C@@H]14)O2. The molecule has 12 nitrogen and oxygen atoms in total. The van der Waals surface area contributed by atoms with Crippen LogP contribution in [0, 0.1) is 29.1 Å². The lowest BCUT2D eigenvalue weighted by molar-refractivity contribution is -0.467. The lowest BCUT2D eigenvalue weighted by atomic mass is 9.46. The van der Waals surface area contributed by atoms with Crippen LogP contribution in [0.1, 0.15) is 92.9 Å². The van der Waals surface area contributed by atoms with Gasteiger partial charge in [0.25, 0.3) is 0 Å². The quantitative estimate of drug-likeness (QED) is 0.177. The van der Waals surface area contributed by atoms with E-state index in [4.69, 9.17) is 28.4 Å². The summed E-state index contributed by atoms with van der Waals surface area (Å²) in [7, 11) is 0. The molecule has 9 rings (SSSR count).